The molecule has 0 spiro atoms. The summed E-state index contributed by atoms with van der Waals surface area (Å²) in [5.41, 5.74) is 0.217. The van der Waals surface area contributed by atoms with Gasteiger partial charge in [-0.25, -0.2) is 8.78 Å². The summed E-state index contributed by atoms with van der Waals surface area (Å²) >= 11 is 2.94. The molecule has 16 heavy (non-hydrogen) atoms. The highest BCUT2D eigenvalue weighted by Crippen LogP contribution is 2.24. The quantitative estimate of drug-likeness (QED) is 0.801. The van der Waals surface area contributed by atoms with E-state index in [4.69, 9.17) is 0 Å². The first-order chi connectivity index (χ1) is 7.40. The van der Waals surface area contributed by atoms with E-state index in [1.165, 1.54) is 6.07 Å². The average Bonchev–Trinajstić information content (AvgIpc) is 2.12. The lowest BCUT2D eigenvalue weighted by molar-refractivity contribution is 0.534. The molecule has 1 rings (SSSR count). The van der Waals surface area contributed by atoms with E-state index in [1.54, 1.807) is 0 Å². The summed E-state index contributed by atoms with van der Waals surface area (Å²) in [5.74, 6) is -0.379. The molecule has 1 unspecified atom stereocenters. The van der Waals surface area contributed by atoms with Crippen molar-refractivity contribution in [1.82, 2.24) is 0 Å². The van der Waals surface area contributed by atoms with Gasteiger partial charge in [0.05, 0.1) is 10.2 Å². The van der Waals surface area contributed by atoms with Crippen LogP contribution in [0.2, 0.25) is 0 Å². The molecule has 0 saturated heterocycles. The van der Waals surface area contributed by atoms with Crippen LogP contribution in [0.3, 0.4) is 0 Å². The number of halogens is 3. The first-order valence-corrected chi connectivity index (χ1v) is 6.10. The lowest BCUT2D eigenvalue weighted by atomic mass is 10.1. The van der Waals surface area contributed by atoms with E-state index in [-0.39, 0.29) is 16.2 Å². The molecule has 0 aliphatic heterocycles. The maximum Gasteiger partial charge on any atom is 0.147 e. The number of benzene rings is 1. The smallest absolute Gasteiger partial charge is 0.147 e. The zero-order valence-corrected chi connectivity index (χ0v) is 11.2. The standard InChI is InChI=1S/C12H16BrF2N/c1-7(2)4-8(3)16-12-6-10(14)9(13)5-11(12)15/h5-8,16H,4H2,1-3H3. The average molecular weight is 292 g/mol. The SMILES string of the molecule is CC(C)CC(C)Nc1cc(F)c(Br)cc1F. The van der Waals surface area contributed by atoms with Crippen molar-refractivity contribution in [2.75, 3.05) is 5.32 Å². The second-order valence-electron chi connectivity index (χ2n) is 4.42. The Labute approximate surface area is 103 Å². The van der Waals surface area contributed by atoms with Gasteiger partial charge >= 0.3 is 0 Å². The fourth-order valence-corrected chi connectivity index (χ4v) is 1.98. The summed E-state index contributed by atoms with van der Waals surface area (Å²) in [6, 6.07) is 2.44. The number of hydrogen-bond donors (Lipinski definition) is 1. The summed E-state index contributed by atoms with van der Waals surface area (Å²) in [6.07, 6.45) is 0.914. The summed E-state index contributed by atoms with van der Waals surface area (Å²) < 4.78 is 26.8. The summed E-state index contributed by atoms with van der Waals surface area (Å²) in [4.78, 5) is 0. The monoisotopic (exact) mass is 291 g/mol. The third-order valence-electron chi connectivity index (χ3n) is 2.24. The van der Waals surface area contributed by atoms with Crippen LogP contribution < -0.4 is 5.32 Å². The Kier molecular flexibility index (Phi) is 4.71. The maximum absolute atomic E-state index is 13.5. The third kappa shape index (κ3) is 3.74. The number of hydrogen-bond acceptors (Lipinski definition) is 1. The molecule has 90 valence electrons. The Morgan fingerprint density at radius 1 is 1.19 bits per heavy atom. The molecule has 0 aliphatic rings. The minimum absolute atomic E-state index is 0.120. The van der Waals surface area contributed by atoms with Gasteiger partial charge < -0.3 is 5.32 Å². The van der Waals surface area contributed by atoms with Crippen molar-refractivity contribution in [3.8, 4) is 0 Å². The third-order valence-corrected chi connectivity index (χ3v) is 2.84. The second kappa shape index (κ2) is 5.62. The molecule has 4 heteroatoms. The molecule has 0 radical (unpaired) electrons. The van der Waals surface area contributed by atoms with Crippen molar-refractivity contribution >= 4 is 21.6 Å². The van der Waals surface area contributed by atoms with E-state index in [0.717, 1.165) is 12.5 Å². The van der Waals surface area contributed by atoms with Gasteiger partial charge in [-0.15, -0.1) is 0 Å². The van der Waals surface area contributed by atoms with Gasteiger partial charge in [-0.3, -0.25) is 0 Å². The molecule has 0 aromatic heterocycles. The predicted octanol–water partition coefficient (Wildman–Crippen LogP) is 4.57. The van der Waals surface area contributed by atoms with E-state index in [1.807, 2.05) is 6.92 Å². The van der Waals surface area contributed by atoms with Crippen LogP contribution in [0.5, 0.6) is 0 Å². The van der Waals surface area contributed by atoms with Crippen molar-refractivity contribution in [2.45, 2.75) is 33.2 Å². The molecule has 0 aliphatic carbocycles. The van der Waals surface area contributed by atoms with Gasteiger partial charge in [-0.1, -0.05) is 13.8 Å². The van der Waals surface area contributed by atoms with E-state index in [2.05, 4.69) is 35.1 Å². The minimum atomic E-state index is -0.458. The van der Waals surface area contributed by atoms with Gasteiger partial charge in [-0.05, 0) is 41.3 Å². The van der Waals surface area contributed by atoms with Crippen LogP contribution >= 0.6 is 15.9 Å². The Morgan fingerprint density at radius 2 is 1.81 bits per heavy atom. The molecule has 1 nitrogen and oxygen atoms in total. The largest absolute Gasteiger partial charge is 0.380 e. The Hall–Kier alpha value is -0.640. The van der Waals surface area contributed by atoms with Crippen LogP contribution in [-0.4, -0.2) is 6.04 Å². The highest BCUT2D eigenvalue weighted by atomic mass is 79.9. The van der Waals surface area contributed by atoms with Crippen LogP contribution in [-0.2, 0) is 0 Å². The number of rotatable bonds is 4. The first kappa shape index (κ1) is 13.4. The van der Waals surface area contributed by atoms with Crippen LogP contribution in [0.25, 0.3) is 0 Å². The summed E-state index contributed by atoms with van der Waals surface area (Å²) in [5, 5.41) is 2.97. The molecule has 1 aromatic carbocycles. The summed E-state index contributed by atoms with van der Waals surface area (Å²) in [7, 11) is 0. The van der Waals surface area contributed by atoms with Crippen molar-refractivity contribution in [1.29, 1.82) is 0 Å². The lowest BCUT2D eigenvalue weighted by Crippen LogP contribution is -2.18. The van der Waals surface area contributed by atoms with E-state index in [0.29, 0.717) is 5.92 Å². The fourth-order valence-electron chi connectivity index (χ4n) is 1.66. The molecule has 1 aromatic rings. The van der Waals surface area contributed by atoms with Gasteiger partial charge in [0.2, 0.25) is 0 Å². The van der Waals surface area contributed by atoms with Crippen molar-refractivity contribution in [3.63, 3.8) is 0 Å². The molecule has 0 heterocycles. The molecule has 0 saturated carbocycles. The highest BCUT2D eigenvalue weighted by Gasteiger charge is 2.11. The van der Waals surface area contributed by atoms with Crippen molar-refractivity contribution in [2.24, 2.45) is 5.92 Å². The van der Waals surface area contributed by atoms with Gasteiger partial charge in [0.15, 0.2) is 0 Å². The number of anilines is 1. The molecule has 0 amide bonds. The number of nitrogens with one attached hydrogen (secondary N) is 1. The molecular weight excluding hydrogens is 276 g/mol. The van der Waals surface area contributed by atoms with Crippen molar-refractivity contribution < 1.29 is 8.78 Å². The molecule has 0 bridgehead atoms. The second-order valence-corrected chi connectivity index (χ2v) is 5.28. The normalized spacial score (nSPS) is 12.9. The maximum atomic E-state index is 13.5. The van der Waals surface area contributed by atoms with Crippen LogP contribution in [0, 0.1) is 17.6 Å². The van der Waals surface area contributed by atoms with E-state index in [9.17, 15) is 8.78 Å². The summed E-state index contributed by atoms with van der Waals surface area (Å²) in [6.45, 7) is 6.15. The molecule has 0 fully saturated rings. The van der Waals surface area contributed by atoms with Gasteiger partial charge in [0, 0.05) is 12.1 Å². The first-order valence-electron chi connectivity index (χ1n) is 5.31. The van der Waals surface area contributed by atoms with Gasteiger partial charge in [0.1, 0.15) is 11.6 Å². The van der Waals surface area contributed by atoms with Crippen LogP contribution in [0.4, 0.5) is 14.5 Å². The van der Waals surface area contributed by atoms with Crippen LogP contribution in [0.1, 0.15) is 27.2 Å². The van der Waals surface area contributed by atoms with Crippen LogP contribution in [0.15, 0.2) is 16.6 Å². The fraction of sp³-hybridized carbons (Fsp3) is 0.500. The van der Waals surface area contributed by atoms with Gasteiger partial charge in [0.25, 0.3) is 0 Å². The lowest BCUT2D eigenvalue weighted by Gasteiger charge is -2.17. The molecule has 1 atom stereocenters. The highest BCUT2D eigenvalue weighted by molar-refractivity contribution is 9.10. The molecule has 1 N–H and O–H groups in total. The Bertz CT molecular complexity index is 366. The minimum Gasteiger partial charge on any atom is -0.380 e. The predicted molar refractivity (Wildman–Crippen MR) is 66.6 cm³/mol. The van der Waals surface area contributed by atoms with E-state index >= 15 is 0 Å². The topological polar surface area (TPSA) is 12.0 Å². The van der Waals surface area contributed by atoms with E-state index < -0.39 is 11.6 Å². The Morgan fingerprint density at radius 3 is 2.38 bits per heavy atom. The zero-order chi connectivity index (χ0) is 12.3. The zero-order valence-electron chi connectivity index (χ0n) is 9.65. The molecular formula is C12H16BrF2N. The van der Waals surface area contributed by atoms with Crippen molar-refractivity contribution in [3.05, 3.63) is 28.2 Å². The Balaban J connectivity index is 2.77. The van der Waals surface area contributed by atoms with Gasteiger partial charge in [-0.2, -0.15) is 0 Å².